The smallest absolute Gasteiger partial charge is 0.230 e. The molecule has 0 radical (unpaired) electrons. The fourth-order valence-corrected chi connectivity index (χ4v) is 10.9. The summed E-state index contributed by atoms with van der Waals surface area (Å²) in [6.07, 6.45) is 10.9. The van der Waals surface area contributed by atoms with Gasteiger partial charge in [0.05, 0.1) is 34.5 Å². The third-order valence-electron chi connectivity index (χ3n) is 5.91. The van der Waals surface area contributed by atoms with E-state index in [-0.39, 0.29) is 11.5 Å². The maximum absolute atomic E-state index is 13.2. The van der Waals surface area contributed by atoms with Crippen LogP contribution in [-0.2, 0) is 19.7 Å². The number of primary amides is 1. The first kappa shape index (κ1) is 30.1. The molecule has 0 aliphatic rings. The highest BCUT2D eigenvalue weighted by Gasteiger charge is 2.38. The van der Waals surface area contributed by atoms with Gasteiger partial charge in [0.2, 0.25) is 11.0 Å². The lowest BCUT2D eigenvalue weighted by Gasteiger charge is -2.27. The maximum Gasteiger partial charge on any atom is 0.230 e. The predicted octanol–water partition coefficient (Wildman–Crippen LogP) is 5.23. The number of amides is 1. The third-order valence-corrected chi connectivity index (χ3v) is 12.5. The van der Waals surface area contributed by atoms with E-state index in [4.69, 9.17) is 5.73 Å². The first-order valence-corrected chi connectivity index (χ1v) is 16.9. The second kappa shape index (κ2) is 15.1. The number of rotatable bonds is 17. The van der Waals surface area contributed by atoms with E-state index in [0.717, 1.165) is 38.5 Å². The van der Waals surface area contributed by atoms with E-state index < -0.39 is 35.0 Å². The predicted molar refractivity (Wildman–Crippen MR) is 140 cm³/mol. The summed E-state index contributed by atoms with van der Waals surface area (Å²) >= 11 is 1.19. The van der Waals surface area contributed by atoms with Crippen LogP contribution in [0.2, 0.25) is 0 Å². The van der Waals surface area contributed by atoms with Crippen molar-refractivity contribution in [2.75, 3.05) is 30.4 Å². The van der Waals surface area contributed by atoms with Crippen LogP contribution in [0.5, 0.6) is 0 Å². The second-order valence-electron chi connectivity index (χ2n) is 8.78. The summed E-state index contributed by atoms with van der Waals surface area (Å²) in [4.78, 5) is 25.8. The third kappa shape index (κ3) is 11.8. The number of unbranched alkanes of at least 4 members (excludes halogenated alkanes) is 3. The Morgan fingerprint density at radius 2 is 1.58 bits per heavy atom. The molecule has 1 amide bonds. The first-order valence-electron chi connectivity index (χ1n) is 11.9. The average molecular weight is 518 g/mol. The quantitative estimate of drug-likeness (QED) is 0.172. The number of thioether (sulfide) groups is 1. The van der Waals surface area contributed by atoms with Gasteiger partial charge in [-0.25, -0.2) is 8.42 Å². The normalized spacial score (nSPS) is 13.1. The molecule has 1 aromatic rings. The molecule has 0 aliphatic heterocycles. The van der Waals surface area contributed by atoms with Crippen molar-refractivity contribution in [3.8, 4) is 0 Å². The number of carbonyl (C=O) groups excluding carboxylic acids is 2. The highest BCUT2D eigenvalue weighted by Crippen LogP contribution is 2.61. The molecule has 0 aromatic heterocycles. The highest BCUT2D eigenvalue weighted by molar-refractivity contribution is 8.14. The van der Waals surface area contributed by atoms with Gasteiger partial charge >= 0.3 is 0 Å². The van der Waals surface area contributed by atoms with Crippen molar-refractivity contribution < 1.29 is 22.6 Å². The van der Waals surface area contributed by atoms with E-state index in [2.05, 4.69) is 20.8 Å². The largest absolute Gasteiger partial charge is 0.748 e. The van der Waals surface area contributed by atoms with Crippen molar-refractivity contribution in [2.45, 2.75) is 76.5 Å². The molecule has 9 heteroatoms. The van der Waals surface area contributed by atoms with Crippen LogP contribution in [-0.4, -0.2) is 54.4 Å². The lowest BCUT2D eigenvalue weighted by molar-refractivity contribution is -0.119. The zero-order chi connectivity index (χ0) is 24.9. The lowest BCUT2D eigenvalue weighted by atomic mass is 9.96. The molecule has 0 saturated heterocycles. The van der Waals surface area contributed by atoms with Gasteiger partial charge in [0, 0.05) is 17.9 Å². The molecule has 1 unspecified atom stereocenters. The van der Waals surface area contributed by atoms with Gasteiger partial charge in [-0.3, -0.25) is 9.59 Å². The topological polar surface area (TPSA) is 117 Å². The van der Waals surface area contributed by atoms with Crippen LogP contribution in [0.4, 0.5) is 0 Å². The number of carbonyl (C=O) groups is 2. The number of hydrogen-bond donors (Lipinski definition) is 1. The van der Waals surface area contributed by atoms with Crippen molar-refractivity contribution in [1.29, 1.82) is 0 Å². The standard InChI is InChI=1S/C24H40NO5PS2/c1-4-7-14-31(15-8-5-2,16-9-6-3)19-23(26)32-21-12-10-11-20(18-21)22(24(25)27)13-17-33(28,29)30/h10-12,18,22H,4-9,13-17,19H2,1-3H3,(H2-,25,27,28,29,30). The Kier molecular flexibility index (Phi) is 13.8. The van der Waals surface area contributed by atoms with Crippen LogP contribution < -0.4 is 5.73 Å². The monoisotopic (exact) mass is 517 g/mol. The summed E-state index contributed by atoms with van der Waals surface area (Å²) in [7, 11) is -5.81. The van der Waals surface area contributed by atoms with E-state index in [9.17, 15) is 22.6 Å². The van der Waals surface area contributed by atoms with Gasteiger partial charge < -0.3 is 10.3 Å². The van der Waals surface area contributed by atoms with Crippen molar-refractivity contribution in [2.24, 2.45) is 5.73 Å². The molecule has 188 valence electrons. The minimum atomic E-state index is -4.45. The molecule has 1 atom stereocenters. The van der Waals surface area contributed by atoms with E-state index in [1.165, 1.54) is 30.2 Å². The van der Waals surface area contributed by atoms with Crippen LogP contribution in [0.25, 0.3) is 0 Å². The molecule has 0 bridgehead atoms. The van der Waals surface area contributed by atoms with E-state index in [1.54, 1.807) is 18.2 Å². The molecular formula is C24H40NO5PS2. The Bertz CT molecular complexity index is 838. The average Bonchev–Trinajstić information content (AvgIpc) is 2.74. The van der Waals surface area contributed by atoms with Crippen LogP contribution in [0.1, 0.15) is 77.2 Å². The summed E-state index contributed by atoms with van der Waals surface area (Å²) < 4.78 is 33.0. The molecule has 33 heavy (non-hydrogen) atoms. The van der Waals surface area contributed by atoms with Gasteiger partial charge in [0.25, 0.3) is 0 Å². The molecule has 2 N–H and O–H groups in total. The minimum absolute atomic E-state index is 0.154. The summed E-state index contributed by atoms with van der Waals surface area (Å²) in [5.41, 5.74) is 6.00. The fraction of sp³-hybridized carbons (Fsp3) is 0.667. The summed E-state index contributed by atoms with van der Waals surface area (Å²) in [5, 5.41) is 0.154. The zero-order valence-electron chi connectivity index (χ0n) is 20.3. The van der Waals surface area contributed by atoms with Crippen LogP contribution >= 0.6 is 19.0 Å². The van der Waals surface area contributed by atoms with Gasteiger partial charge in [0.1, 0.15) is 6.16 Å². The van der Waals surface area contributed by atoms with Crippen LogP contribution in [0, 0.1) is 0 Å². The molecule has 0 spiro atoms. The van der Waals surface area contributed by atoms with Crippen LogP contribution in [0.3, 0.4) is 0 Å². The van der Waals surface area contributed by atoms with Crippen molar-refractivity contribution >= 4 is 40.2 Å². The Balaban J connectivity index is 3.01. The van der Waals surface area contributed by atoms with Gasteiger partial charge in [-0.2, -0.15) is 0 Å². The number of nitrogens with two attached hydrogens (primary N) is 1. The highest BCUT2D eigenvalue weighted by atomic mass is 32.2. The van der Waals surface area contributed by atoms with E-state index in [0.29, 0.717) is 16.6 Å². The first-order chi connectivity index (χ1) is 15.6. The summed E-state index contributed by atoms with van der Waals surface area (Å²) in [6, 6.07) is 6.96. The number of benzene rings is 1. The van der Waals surface area contributed by atoms with Gasteiger partial charge in [-0.05, 0) is 55.1 Å². The second-order valence-corrected chi connectivity index (χ2v) is 15.8. The Hall–Kier alpha value is -0.950. The molecule has 1 rings (SSSR count). The van der Waals surface area contributed by atoms with E-state index >= 15 is 0 Å². The van der Waals surface area contributed by atoms with Crippen molar-refractivity contribution in [3.05, 3.63) is 29.8 Å². The van der Waals surface area contributed by atoms with Crippen LogP contribution in [0.15, 0.2) is 29.2 Å². The van der Waals surface area contributed by atoms with Gasteiger partial charge in [-0.1, -0.05) is 52.2 Å². The lowest BCUT2D eigenvalue weighted by Crippen LogP contribution is -2.24. The SMILES string of the molecule is CCCC[P+](CCCC)(CCCC)CC(=O)Sc1cccc(C(CCS(=O)(=O)[O-])C(N)=O)c1. The Labute approximate surface area is 204 Å². The van der Waals surface area contributed by atoms with E-state index in [1.807, 2.05) is 6.07 Å². The zero-order valence-corrected chi connectivity index (χ0v) is 22.8. The summed E-state index contributed by atoms with van der Waals surface area (Å²) in [5.74, 6) is -2.22. The fourth-order valence-electron chi connectivity index (χ4n) is 4.02. The molecule has 0 fully saturated rings. The molecule has 6 nitrogen and oxygen atoms in total. The Morgan fingerprint density at radius 1 is 1.03 bits per heavy atom. The van der Waals surface area contributed by atoms with Crippen molar-refractivity contribution in [3.63, 3.8) is 0 Å². The molecular weight excluding hydrogens is 477 g/mol. The Morgan fingerprint density at radius 3 is 2.03 bits per heavy atom. The molecule has 0 heterocycles. The molecule has 0 saturated carbocycles. The minimum Gasteiger partial charge on any atom is -0.748 e. The molecule has 1 aromatic carbocycles. The molecule has 0 aliphatic carbocycles. The maximum atomic E-state index is 13.2. The number of hydrogen-bond acceptors (Lipinski definition) is 6. The van der Waals surface area contributed by atoms with Crippen molar-refractivity contribution in [1.82, 2.24) is 0 Å². The van der Waals surface area contributed by atoms with Gasteiger partial charge in [0.15, 0.2) is 0 Å². The van der Waals surface area contributed by atoms with Gasteiger partial charge in [-0.15, -0.1) is 0 Å². The summed E-state index contributed by atoms with van der Waals surface area (Å²) in [6.45, 7) is 6.59.